The van der Waals surface area contributed by atoms with E-state index in [1.54, 1.807) is 0 Å². The fraction of sp³-hybridized carbons (Fsp3) is 0.450. The first kappa shape index (κ1) is 16.5. The number of piperidine rings is 1. The van der Waals surface area contributed by atoms with Crippen LogP contribution in [0.4, 0.5) is 11.4 Å². The van der Waals surface area contributed by atoms with Crippen LogP contribution in [0.1, 0.15) is 28.9 Å². The van der Waals surface area contributed by atoms with Gasteiger partial charge in [-0.1, -0.05) is 6.07 Å². The van der Waals surface area contributed by atoms with E-state index >= 15 is 0 Å². The molecule has 132 valence electrons. The van der Waals surface area contributed by atoms with E-state index in [1.807, 2.05) is 22.4 Å². The third kappa shape index (κ3) is 3.66. The lowest BCUT2D eigenvalue weighted by Crippen LogP contribution is -2.48. The normalized spacial score (nSPS) is 18.5. The molecule has 4 nitrogen and oxygen atoms in total. The van der Waals surface area contributed by atoms with Crippen LogP contribution in [0.15, 0.2) is 41.8 Å². The Hall–Kier alpha value is -2.01. The molecule has 0 aliphatic carbocycles. The summed E-state index contributed by atoms with van der Waals surface area (Å²) in [7, 11) is 0. The van der Waals surface area contributed by atoms with Crippen LogP contribution in [0.25, 0.3) is 0 Å². The van der Waals surface area contributed by atoms with Crippen molar-refractivity contribution in [3.8, 4) is 0 Å². The van der Waals surface area contributed by atoms with E-state index in [9.17, 15) is 4.79 Å². The van der Waals surface area contributed by atoms with Gasteiger partial charge < -0.3 is 14.7 Å². The average Bonchev–Trinajstić information content (AvgIpc) is 3.23. The second-order valence-corrected chi connectivity index (χ2v) is 7.77. The summed E-state index contributed by atoms with van der Waals surface area (Å²) >= 11 is 1.53. The Morgan fingerprint density at radius 3 is 1.92 bits per heavy atom. The molecule has 4 rings (SSSR count). The Bertz CT molecular complexity index is 684. The molecular weight excluding hydrogens is 330 g/mol. The van der Waals surface area contributed by atoms with Gasteiger partial charge in [0.1, 0.15) is 0 Å². The summed E-state index contributed by atoms with van der Waals surface area (Å²) in [5.74, 6) is 0.176. The summed E-state index contributed by atoms with van der Waals surface area (Å²) in [5.41, 5.74) is 2.61. The third-order valence-electron chi connectivity index (χ3n) is 5.23. The zero-order chi connectivity index (χ0) is 17.1. The molecule has 2 saturated heterocycles. The molecule has 0 saturated carbocycles. The molecule has 25 heavy (non-hydrogen) atoms. The fourth-order valence-electron chi connectivity index (χ4n) is 3.75. The highest BCUT2D eigenvalue weighted by molar-refractivity contribution is 7.12. The standard InChI is InChI=1S/C20H25N3OS/c24-20(19-5-4-16-25-19)23-14-12-22(13-15-23)18-8-6-17(7-9-18)21-10-2-1-3-11-21/h4-9,16H,1-3,10-15H2. The van der Waals surface area contributed by atoms with Crippen molar-refractivity contribution in [2.75, 3.05) is 49.1 Å². The molecule has 1 amide bonds. The first-order chi connectivity index (χ1) is 12.3. The molecule has 5 heteroatoms. The molecule has 1 aromatic heterocycles. The van der Waals surface area contributed by atoms with E-state index in [4.69, 9.17) is 0 Å². The minimum atomic E-state index is 0.176. The van der Waals surface area contributed by atoms with Crippen LogP contribution in [0.2, 0.25) is 0 Å². The van der Waals surface area contributed by atoms with Crippen molar-refractivity contribution in [2.45, 2.75) is 19.3 Å². The van der Waals surface area contributed by atoms with Crippen LogP contribution in [0.5, 0.6) is 0 Å². The number of carbonyl (C=O) groups is 1. The number of hydrogen-bond acceptors (Lipinski definition) is 4. The minimum absolute atomic E-state index is 0.176. The highest BCUT2D eigenvalue weighted by Gasteiger charge is 2.23. The minimum Gasteiger partial charge on any atom is -0.372 e. The molecule has 0 radical (unpaired) electrons. The van der Waals surface area contributed by atoms with Gasteiger partial charge in [-0.25, -0.2) is 0 Å². The molecule has 0 N–H and O–H groups in total. The quantitative estimate of drug-likeness (QED) is 0.840. The molecule has 2 aromatic rings. The number of thiophene rings is 1. The molecule has 0 unspecified atom stereocenters. The van der Waals surface area contributed by atoms with Gasteiger partial charge in [-0.15, -0.1) is 11.3 Å². The number of amides is 1. The second kappa shape index (κ2) is 7.48. The monoisotopic (exact) mass is 355 g/mol. The van der Waals surface area contributed by atoms with Crippen molar-refractivity contribution < 1.29 is 4.79 Å². The van der Waals surface area contributed by atoms with E-state index < -0.39 is 0 Å². The van der Waals surface area contributed by atoms with Gasteiger partial charge in [0.2, 0.25) is 0 Å². The van der Waals surface area contributed by atoms with Crippen molar-refractivity contribution in [3.63, 3.8) is 0 Å². The maximum atomic E-state index is 12.4. The predicted molar refractivity (Wildman–Crippen MR) is 105 cm³/mol. The van der Waals surface area contributed by atoms with Crippen molar-refractivity contribution in [1.29, 1.82) is 0 Å². The van der Waals surface area contributed by atoms with Crippen molar-refractivity contribution in [1.82, 2.24) is 4.90 Å². The second-order valence-electron chi connectivity index (χ2n) is 6.82. The summed E-state index contributed by atoms with van der Waals surface area (Å²) < 4.78 is 0. The van der Waals surface area contributed by atoms with E-state index in [0.717, 1.165) is 31.1 Å². The molecule has 0 spiro atoms. The molecule has 1 aromatic carbocycles. The van der Waals surface area contributed by atoms with Crippen molar-refractivity contribution in [3.05, 3.63) is 46.7 Å². The number of rotatable bonds is 3. The lowest BCUT2D eigenvalue weighted by atomic mass is 10.1. The van der Waals surface area contributed by atoms with Crippen LogP contribution in [0.3, 0.4) is 0 Å². The van der Waals surface area contributed by atoms with Crippen molar-refractivity contribution >= 4 is 28.6 Å². The zero-order valence-electron chi connectivity index (χ0n) is 14.6. The van der Waals surface area contributed by atoms with E-state index in [2.05, 4.69) is 34.1 Å². The van der Waals surface area contributed by atoms with Crippen LogP contribution in [-0.4, -0.2) is 50.1 Å². The summed E-state index contributed by atoms with van der Waals surface area (Å²) in [6.45, 7) is 5.77. The fourth-order valence-corrected chi connectivity index (χ4v) is 4.44. The number of nitrogens with zero attached hydrogens (tertiary/aromatic N) is 3. The Morgan fingerprint density at radius 2 is 1.36 bits per heavy atom. The van der Waals surface area contributed by atoms with Gasteiger partial charge in [0, 0.05) is 50.6 Å². The Morgan fingerprint density at radius 1 is 0.760 bits per heavy atom. The Labute approximate surface area is 153 Å². The van der Waals surface area contributed by atoms with Crippen LogP contribution < -0.4 is 9.80 Å². The van der Waals surface area contributed by atoms with Gasteiger partial charge >= 0.3 is 0 Å². The lowest BCUT2D eigenvalue weighted by molar-refractivity contribution is 0.0751. The van der Waals surface area contributed by atoms with Gasteiger partial charge in [0.25, 0.3) is 5.91 Å². The Balaban J connectivity index is 1.35. The number of piperazine rings is 1. The predicted octanol–water partition coefficient (Wildman–Crippen LogP) is 3.70. The Kier molecular flexibility index (Phi) is 4.92. The zero-order valence-corrected chi connectivity index (χ0v) is 15.4. The first-order valence-corrected chi connectivity index (χ1v) is 10.1. The summed E-state index contributed by atoms with van der Waals surface area (Å²) in [6, 6.07) is 12.8. The molecule has 2 aliphatic heterocycles. The number of hydrogen-bond donors (Lipinski definition) is 0. The SMILES string of the molecule is O=C(c1cccs1)N1CCN(c2ccc(N3CCCCC3)cc2)CC1. The number of benzene rings is 1. The number of carbonyl (C=O) groups excluding carboxylic acids is 1. The third-order valence-corrected chi connectivity index (χ3v) is 6.09. The number of anilines is 2. The average molecular weight is 356 g/mol. The lowest BCUT2D eigenvalue weighted by Gasteiger charge is -2.36. The molecule has 0 atom stereocenters. The first-order valence-electron chi connectivity index (χ1n) is 9.24. The van der Waals surface area contributed by atoms with Crippen LogP contribution in [-0.2, 0) is 0 Å². The largest absolute Gasteiger partial charge is 0.372 e. The van der Waals surface area contributed by atoms with Gasteiger partial charge in [0.05, 0.1) is 4.88 Å². The van der Waals surface area contributed by atoms with E-state index in [0.29, 0.717) is 0 Å². The van der Waals surface area contributed by atoms with E-state index in [1.165, 1.54) is 55.1 Å². The summed E-state index contributed by atoms with van der Waals surface area (Å²) in [5, 5.41) is 1.97. The summed E-state index contributed by atoms with van der Waals surface area (Å²) in [6.07, 6.45) is 3.98. The van der Waals surface area contributed by atoms with Gasteiger partial charge in [0.15, 0.2) is 0 Å². The highest BCUT2D eigenvalue weighted by atomic mass is 32.1. The molecular formula is C20H25N3OS. The van der Waals surface area contributed by atoms with Gasteiger partial charge in [-0.3, -0.25) is 4.79 Å². The maximum absolute atomic E-state index is 12.4. The molecule has 2 aliphatic rings. The van der Waals surface area contributed by atoms with E-state index in [-0.39, 0.29) is 5.91 Å². The van der Waals surface area contributed by atoms with Gasteiger partial charge in [-0.05, 0) is 55.0 Å². The topological polar surface area (TPSA) is 26.8 Å². The van der Waals surface area contributed by atoms with Crippen LogP contribution in [0, 0.1) is 0 Å². The smallest absolute Gasteiger partial charge is 0.264 e. The highest BCUT2D eigenvalue weighted by Crippen LogP contribution is 2.24. The molecule has 3 heterocycles. The maximum Gasteiger partial charge on any atom is 0.264 e. The molecule has 2 fully saturated rings. The van der Waals surface area contributed by atoms with Crippen molar-refractivity contribution in [2.24, 2.45) is 0 Å². The van der Waals surface area contributed by atoms with Gasteiger partial charge in [-0.2, -0.15) is 0 Å². The van der Waals surface area contributed by atoms with Crippen LogP contribution >= 0.6 is 11.3 Å². The summed E-state index contributed by atoms with van der Waals surface area (Å²) in [4.78, 5) is 20.1. The molecule has 0 bridgehead atoms.